The molecule has 4 atom stereocenters. The normalized spacial score (nSPS) is 32.2. The lowest BCUT2D eigenvalue weighted by atomic mass is 9.68. The van der Waals surface area contributed by atoms with E-state index in [1.54, 1.807) is 0 Å². The Morgan fingerprint density at radius 2 is 2.00 bits per heavy atom. The molecule has 0 aliphatic heterocycles. The second-order valence-corrected chi connectivity index (χ2v) is 6.75. The zero-order chi connectivity index (χ0) is 14.4. The molecule has 1 saturated carbocycles. The summed E-state index contributed by atoms with van der Waals surface area (Å²) in [5.41, 5.74) is 0. The summed E-state index contributed by atoms with van der Waals surface area (Å²) in [5.74, 6) is 2.48. The van der Waals surface area contributed by atoms with E-state index in [0.29, 0.717) is 6.42 Å². The molecule has 0 aromatic carbocycles. The maximum absolute atomic E-state index is 10.7. The van der Waals surface area contributed by atoms with Gasteiger partial charge in [0.05, 0.1) is 0 Å². The van der Waals surface area contributed by atoms with Crippen LogP contribution in [0.2, 0.25) is 0 Å². The Kier molecular flexibility index (Phi) is 6.12. The first-order chi connectivity index (χ1) is 9.72. The zero-order valence-corrected chi connectivity index (χ0v) is 12.9. The number of rotatable bonds is 8. The molecule has 0 aromatic heterocycles. The highest BCUT2D eigenvalue weighted by Gasteiger charge is 2.38. The van der Waals surface area contributed by atoms with E-state index in [2.05, 4.69) is 19.1 Å². The monoisotopic (exact) mass is 278 g/mol. The van der Waals surface area contributed by atoms with E-state index >= 15 is 0 Å². The van der Waals surface area contributed by atoms with E-state index in [1.165, 1.54) is 44.9 Å². The van der Waals surface area contributed by atoms with Gasteiger partial charge in [-0.25, -0.2) is 0 Å². The van der Waals surface area contributed by atoms with Crippen molar-refractivity contribution in [3.05, 3.63) is 12.2 Å². The fraction of sp³-hybridized carbons (Fsp3) is 0.833. The van der Waals surface area contributed by atoms with Crippen molar-refractivity contribution >= 4 is 5.97 Å². The van der Waals surface area contributed by atoms with E-state index in [-0.39, 0.29) is 0 Å². The summed E-state index contributed by atoms with van der Waals surface area (Å²) in [5, 5.41) is 8.86. The van der Waals surface area contributed by atoms with Gasteiger partial charge in [0, 0.05) is 6.42 Å². The minimum Gasteiger partial charge on any atom is -0.481 e. The van der Waals surface area contributed by atoms with Crippen LogP contribution in [0, 0.1) is 23.7 Å². The molecule has 2 heteroatoms. The van der Waals surface area contributed by atoms with Crippen LogP contribution in [-0.4, -0.2) is 11.1 Å². The van der Waals surface area contributed by atoms with Gasteiger partial charge in [-0.1, -0.05) is 44.8 Å². The van der Waals surface area contributed by atoms with Crippen molar-refractivity contribution in [3.63, 3.8) is 0 Å². The SMILES string of the molecule is CCCCCC1C=CC2CCCC2C1CCCC(=O)O. The quantitative estimate of drug-likeness (QED) is 0.499. The fourth-order valence-corrected chi connectivity index (χ4v) is 4.39. The van der Waals surface area contributed by atoms with Crippen LogP contribution in [-0.2, 0) is 4.79 Å². The molecule has 2 aliphatic rings. The fourth-order valence-electron chi connectivity index (χ4n) is 4.39. The Balaban J connectivity index is 1.92. The molecule has 20 heavy (non-hydrogen) atoms. The van der Waals surface area contributed by atoms with Crippen LogP contribution < -0.4 is 0 Å². The van der Waals surface area contributed by atoms with Crippen molar-refractivity contribution < 1.29 is 9.90 Å². The standard InChI is InChI=1S/C18H30O2/c1-2-3-4-7-14-12-13-15-8-5-9-16(15)17(14)10-6-11-18(19)20/h12-17H,2-11H2,1H3,(H,19,20). The summed E-state index contributed by atoms with van der Waals surface area (Å²) in [6.45, 7) is 2.26. The molecule has 0 spiro atoms. The zero-order valence-electron chi connectivity index (χ0n) is 12.9. The Morgan fingerprint density at radius 3 is 2.75 bits per heavy atom. The number of carboxylic acids is 1. The maximum atomic E-state index is 10.7. The number of fused-ring (bicyclic) bond motifs is 1. The van der Waals surface area contributed by atoms with Gasteiger partial charge in [-0.3, -0.25) is 4.79 Å². The molecule has 0 aromatic rings. The van der Waals surface area contributed by atoms with Gasteiger partial charge in [0.1, 0.15) is 0 Å². The molecule has 1 fully saturated rings. The Labute approximate surface area is 123 Å². The van der Waals surface area contributed by atoms with Gasteiger partial charge in [0.2, 0.25) is 0 Å². The van der Waals surface area contributed by atoms with E-state index in [9.17, 15) is 4.79 Å². The topological polar surface area (TPSA) is 37.3 Å². The summed E-state index contributed by atoms with van der Waals surface area (Å²) < 4.78 is 0. The lowest BCUT2D eigenvalue weighted by Gasteiger charge is -2.37. The van der Waals surface area contributed by atoms with Crippen LogP contribution in [0.1, 0.15) is 71.1 Å². The smallest absolute Gasteiger partial charge is 0.303 e. The van der Waals surface area contributed by atoms with Gasteiger partial charge in [-0.05, 0) is 55.8 Å². The number of unbranched alkanes of at least 4 members (excludes halogenated alkanes) is 2. The number of carbonyl (C=O) groups is 1. The van der Waals surface area contributed by atoms with Crippen LogP contribution in [0.5, 0.6) is 0 Å². The van der Waals surface area contributed by atoms with Crippen LogP contribution in [0.3, 0.4) is 0 Å². The molecule has 0 heterocycles. The van der Waals surface area contributed by atoms with Gasteiger partial charge in [0.25, 0.3) is 0 Å². The minimum atomic E-state index is -0.637. The molecule has 2 rings (SSSR count). The Bertz CT molecular complexity index is 334. The first-order valence-corrected chi connectivity index (χ1v) is 8.62. The van der Waals surface area contributed by atoms with Crippen molar-refractivity contribution in [1.29, 1.82) is 0 Å². The third kappa shape index (κ3) is 4.10. The molecule has 114 valence electrons. The maximum Gasteiger partial charge on any atom is 0.303 e. The van der Waals surface area contributed by atoms with Gasteiger partial charge >= 0.3 is 5.97 Å². The van der Waals surface area contributed by atoms with Crippen LogP contribution in [0.25, 0.3) is 0 Å². The summed E-state index contributed by atoms with van der Waals surface area (Å²) in [7, 11) is 0. The van der Waals surface area contributed by atoms with Crippen molar-refractivity contribution in [2.24, 2.45) is 23.7 Å². The molecule has 0 saturated heterocycles. The predicted octanol–water partition coefficient (Wildman–Crippen LogP) is 5.04. The lowest BCUT2D eigenvalue weighted by molar-refractivity contribution is -0.137. The molecule has 1 N–H and O–H groups in total. The summed E-state index contributed by atoms with van der Waals surface area (Å²) in [6.07, 6.45) is 16.7. The van der Waals surface area contributed by atoms with Crippen molar-refractivity contribution in [3.8, 4) is 0 Å². The molecule has 2 aliphatic carbocycles. The molecule has 4 unspecified atom stereocenters. The van der Waals surface area contributed by atoms with E-state index in [4.69, 9.17) is 5.11 Å². The Hall–Kier alpha value is -0.790. The number of carboxylic acid groups (broad SMARTS) is 1. The second-order valence-electron chi connectivity index (χ2n) is 6.75. The van der Waals surface area contributed by atoms with E-state index < -0.39 is 5.97 Å². The van der Waals surface area contributed by atoms with Crippen molar-refractivity contribution in [1.82, 2.24) is 0 Å². The Morgan fingerprint density at radius 1 is 1.15 bits per heavy atom. The molecule has 0 radical (unpaired) electrons. The van der Waals surface area contributed by atoms with E-state index in [1.807, 2.05) is 0 Å². The second kappa shape index (κ2) is 7.85. The number of aliphatic carboxylic acids is 1. The highest BCUT2D eigenvalue weighted by atomic mass is 16.4. The predicted molar refractivity (Wildman–Crippen MR) is 82.6 cm³/mol. The number of hydrogen-bond acceptors (Lipinski definition) is 1. The molecular formula is C18H30O2. The summed E-state index contributed by atoms with van der Waals surface area (Å²) in [4.78, 5) is 10.7. The molecule has 2 nitrogen and oxygen atoms in total. The van der Waals surface area contributed by atoms with Gasteiger partial charge in [0.15, 0.2) is 0 Å². The van der Waals surface area contributed by atoms with Crippen molar-refractivity contribution in [2.45, 2.75) is 71.1 Å². The summed E-state index contributed by atoms with van der Waals surface area (Å²) >= 11 is 0. The first kappa shape index (κ1) is 15.6. The molecule has 0 bridgehead atoms. The summed E-state index contributed by atoms with van der Waals surface area (Å²) in [6, 6.07) is 0. The van der Waals surface area contributed by atoms with E-state index in [0.717, 1.165) is 36.5 Å². The number of allylic oxidation sites excluding steroid dienone is 2. The molecular weight excluding hydrogens is 248 g/mol. The molecule has 0 amide bonds. The van der Waals surface area contributed by atoms with Crippen LogP contribution in [0.4, 0.5) is 0 Å². The number of hydrogen-bond donors (Lipinski definition) is 1. The lowest BCUT2D eigenvalue weighted by Crippen LogP contribution is -2.28. The van der Waals surface area contributed by atoms with Gasteiger partial charge < -0.3 is 5.11 Å². The van der Waals surface area contributed by atoms with Crippen LogP contribution >= 0.6 is 0 Å². The third-order valence-electron chi connectivity index (χ3n) is 5.40. The minimum absolute atomic E-state index is 0.347. The highest BCUT2D eigenvalue weighted by molar-refractivity contribution is 5.66. The first-order valence-electron chi connectivity index (χ1n) is 8.62. The highest BCUT2D eigenvalue weighted by Crippen LogP contribution is 2.47. The average Bonchev–Trinajstić information content (AvgIpc) is 2.89. The van der Waals surface area contributed by atoms with Crippen LogP contribution in [0.15, 0.2) is 12.2 Å². The average molecular weight is 278 g/mol. The van der Waals surface area contributed by atoms with Gasteiger partial charge in [-0.2, -0.15) is 0 Å². The third-order valence-corrected chi connectivity index (χ3v) is 5.40. The van der Waals surface area contributed by atoms with Gasteiger partial charge in [-0.15, -0.1) is 0 Å². The largest absolute Gasteiger partial charge is 0.481 e. The van der Waals surface area contributed by atoms with Crippen molar-refractivity contribution in [2.75, 3.05) is 0 Å².